The predicted molar refractivity (Wildman–Crippen MR) is 140 cm³/mol. The largest absolute Gasteiger partial charge is 0.494 e. The Labute approximate surface area is 208 Å². The van der Waals surface area contributed by atoms with Crippen molar-refractivity contribution in [2.75, 3.05) is 32.6 Å². The first-order chi connectivity index (χ1) is 16.2. The number of halogens is 2. The number of aromatic amines is 1. The van der Waals surface area contributed by atoms with Crippen LogP contribution in [0.2, 0.25) is 10.0 Å². The van der Waals surface area contributed by atoms with E-state index in [9.17, 15) is 9.90 Å². The van der Waals surface area contributed by atoms with E-state index in [1.54, 1.807) is 36.2 Å². The van der Waals surface area contributed by atoms with Crippen molar-refractivity contribution >= 4 is 57.1 Å². The Kier molecular flexibility index (Phi) is 6.93. The number of hydrogen-bond acceptors (Lipinski definition) is 4. The highest BCUT2D eigenvalue weighted by atomic mass is 35.5. The Morgan fingerprint density at radius 3 is 2.24 bits per heavy atom. The Morgan fingerprint density at radius 1 is 0.941 bits per heavy atom. The molecule has 8 heteroatoms. The molecule has 0 radical (unpaired) electrons. The highest BCUT2D eigenvalue weighted by molar-refractivity contribution is 6.32. The zero-order valence-corrected chi connectivity index (χ0v) is 20.5. The molecule has 0 saturated heterocycles. The first kappa shape index (κ1) is 23.8. The topological polar surface area (TPSA) is 71.9 Å². The molecule has 0 spiro atoms. The Bertz CT molecular complexity index is 1360. The quantitative estimate of drug-likeness (QED) is 0.329. The number of likely N-dealkylation sites (N-methyl/N-ethyl adjacent to an activating group) is 2. The molecule has 0 atom stereocenters. The van der Waals surface area contributed by atoms with Gasteiger partial charge in [-0.15, -0.1) is 0 Å². The Hall–Kier alpha value is -3.32. The minimum atomic E-state index is -0.00881. The number of aliphatic imine (C=N–C) groups is 1. The van der Waals surface area contributed by atoms with Gasteiger partial charge in [0.2, 0.25) is 5.91 Å². The number of fused-ring (bicyclic) bond motifs is 1. The van der Waals surface area contributed by atoms with Crippen LogP contribution in [0.1, 0.15) is 11.1 Å². The maximum absolute atomic E-state index is 12.4. The number of H-pyrrole nitrogens is 1. The van der Waals surface area contributed by atoms with E-state index in [1.807, 2.05) is 61.5 Å². The standard InChI is InChI=1S/C26H24Cl2N4O2/c1-31(2)15-23(33)32(3)20-11-9-19(10-12-20)29-25(16-4-6-17(27)7-5-16)24-21-13-8-18(28)14-22(21)30-26(24)34/h4-14,30,34H,15H2,1-3H3. The molecule has 0 saturated carbocycles. The summed E-state index contributed by atoms with van der Waals surface area (Å²) in [5.41, 5.74) is 4.08. The highest BCUT2D eigenvalue weighted by Crippen LogP contribution is 2.33. The molecular formula is C26H24Cl2N4O2. The van der Waals surface area contributed by atoms with Crippen molar-refractivity contribution in [2.24, 2.45) is 4.99 Å². The lowest BCUT2D eigenvalue weighted by Gasteiger charge is -2.19. The summed E-state index contributed by atoms with van der Waals surface area (Å²) in [5, 5.41) is 12.7. The van der Waals surface area contributed by atoms with Gasteiger partial charge in [-0.2, -0.15) is 0 Å². The molecule has 0 aliphatic heterocycles. The average molecular weight is 495 g/mol. The number of carbonyl (C=O) groups excluding carboxylic acids is 1. The summed E-state index contributed by atoms with van der Waals surface area (Å²) in [5.74, 6) is -0.0120. The average Bonchev–Trinajstić information content (AvgIpc) is 3.12. The third-order valence-corrected chi connectivity index (χ3v) is 5.89. The molecule has 0 fully saturated rings. The van der Waals surface area contributed by atoms with Gasteiger partial charge in [-0.1, -0.05) is 41.4 Å². The lowest BCUT2D eigenvalue weighted by atomic mass is 10.0. The van der Waals surface area contributed by atoms with E-state index in [0.29, 0.717) is 39.1 Å². The minimum absolute atomic E-state index is 0.00315. The van der Waals surface area contributed by atoms with Gasteiger partial charge >= 0.3 is 0 Å². The number of amides is 1. The zero-order valence-electron chi connectivity index (χ0n) is 19.0. The molecule has 1 aromatic heterocycles. The molecular weight excluding hydrogens is 471 g/mol. The van der Waals surface area contributed by atoms with Crippen molar-refractivity contribution in [3.63, 3.8) is 0 Å². The lowest BCUT2D eigenvalue weighted by Crippen LogP contribution is -2.34. The van der Waals surface area contributed by atoms with Crippen molar-refractivity contribution in [3.8, 4) is 5.88 Å². The molecule has 6 nitrogen and oxygen atoms in total. The van der Waals surface area contributed by atoms with Crippen molar-refractivity contribution in [1.82, 2.24) is 9.88 Å². The smallest absolute Gasteiger partial charge is 0.240 e. The van der Waals surface area contributed by atoms with Gasteiger partial charge in [-0.25, -0.2) is 4.99 Å². The van der Waals surface area contributed by atoms with Crippen LogP contribution in [-0.4, -0.2) is 54.3 Å². The summed E-state index contributed by atoms with van der Waals surface area (Å²) in [6.07, 6.45) is 0. The molecule has 4 rings (SSSR count). The summed E-state index contributed by atoms with van der Waals surface area (Å²) in [4.78, 5) is 23.7. The van der Waals surface area contributed by atoms with Crippen molar-refractivity contribution in [1.29, 1.82) is 0 Å². The van der Waals surface area contributed by atoms with Gasteiger partial charge < -0.3 is 19.9 Å². The lowest BCUT2D eigenvalue weighted by molar-refractivity contribution is -0.118. The first-order valence-corrected chi connectivity index (χ1v) is 11.3. The predicted octanol–water partition coefficient (Wildman–Crippen LogP) is 5.87. The number of nitrogens with one attached hydrogen (secondary N) is 1. The van der Waals surface area contributed by atoms with Gasteiger partial charge in [0, 0.05) is 33.7 Å². The number of anilines is 1. The maximum Gasteiger partial charge on any atom is 0.240 e. The normalized spacial score (nSPS) is 11.9. The van der Waals surface area contributed by atoms with Gasteiger partial charge in [-0.05, 0) is 62.6 Å². The molecule has 174 valence electrons. The van der Waals surface area contributed by atoms with E-state index in [4.69, 9.17) is 28.2 Å². The second-order valence-electron chi connectivity index (χ2n) is 8.21. The fourth-order valence-corrected chi connectivity index (χ4v) is 3.97. The first-order valence-electron chi connectivity index (χ1n) is 10.6. The van der Waals surface area contributed by atoms with Gasteiger partial charge in [0.15, 0.2) is 5.88 Å². The molecule has 1 heterocycles. The van der Waals surface area contributed by atoms with Gasteiger partial charge in [0.25, 0.3) is 0 Å². The van der Waals surface area contributed by atoms with Gasteiger partial charge in [-0.3, -0.25) is 4.79 Å². The van der Waals surface area contributed by atoms with E-state index >= 15 is 0 Å². The van der Waals surface area contributed by atoms with E-state index in [0.717, 1.165) is 16.6 Å². The fraction of sp³-hybridized carbons (Fsp3) is 0.154. The van der Waals surface area contributed by atoms with Crippen molar-refractivity contribution in [3.05, 3.63) is 87.9 Å². The number of aromatic hydroxyl groups is 1. The minimum Gasteiger partial charge on any atom is -0.494 e. The number of benzene rings is 3. The second-order valence-corrected chi connectivity index (χ2v) is 9.09. The second kappa shape index (κ2) is 9.89. The van der Waals surface area contributed by atoms with Crippen LogP contribution in [0.25, 0.3) is 10.9 Å². The van der Waals surface area contributed by atoms with Crippen molar-refractivity contribution in [2.45, 2.75) is 0 Å². The van der Waals surface area contributed by atoms with Crippen LogP contribution in [0, 0.1) is 0 Å². The van der Waals surface area contributed by atoms with Gasteiger partial charge in [0.05, 0.1) is 29.0 Å². The molecule has 0 aliphatic rings. The molecule has 0 unspecified atom stereocenters. The summed E-state index contributed by atoms with van der Waals surface area (Å²) in [6, 6.07) is 20.0. The molecule has 3 aromatic carbocycles. The van der Waals surface area contributed by atoms with Crippen LogP contribution in [0.5, 0.6) is 5.88 Å². The van der Waals surface area contributed by atoms with Crippen LogP contribution in [0.15, 0.2) is 71.7 Å². The summed E-state index contributed by atoms with van der Waals surface area (Å²) < 4.78 is 0. The molecule has 0 aliphatic carbocycles. The molecule has 0 bridgehead atoms. The summed E-state index contributed by atoms with van der Waals surface area (Å²) in [7, 11) is 5.46. The van der Waals surface area contributed by atoms with Crippen LogP contribution < -0.4 is 4.90 Å². The third kappa shape index (κ3) is 5.09. The number of nitrogens with zero attached hydrogens (tertiary/aromatic N) is 3. The molecule has 2 N–H and O–H groups in total. The van der Waals surface area contributed by atoms with Crippen LogP contribution in [0.3, 0.4) is 0 Å². The number of aromatic nitrogens is 1. The van der Waals surface area contributed by atoms with E-state index < -0.39 is 0 Å². The third-order valence-electron chi connectivity index (χ3n) is 5.40. The van der Waals surface area contributed by atoms with Crippen LogP contribution in [0.4, 0.5) is 11.4 Å². The van der Waals surface area contributed by atoms with Gasteiger partial charge in [0.1, 0.15) is 0 Å². The van der Waals surface area contributed by atoms with E-state index in [2.05, 4.69) is 4.98 Å². The molecule has 34 heavy (non-hydrogen) atoms. The molecule has 1 amide bonds. The van der Waals surface area contributed by atoms with Crippen molar-refractivity contribution < 1.29 is 9.90 Å². The number of rotatable bonds is 6. The zero-order chi connectivity index (χ0) is 24.4. The monoisotopic (exact) mass is 494 g/mol. The number of carbonyl (C=O) groups is 1. The number of hydrogen-bond donors (Lipinski definition) is 2. The summed E-state index contributed by atoms with van der Waals surface area (Å²) in [6.45, 7) is 0.320. The highest BCUT2D eigenvalue weighted by Gasteiger charge is 2.19. The van der Waals surface area contributed by atoms with E-state index in [-0.39, 0.29) is 11.8 Å². The Balaban J connectivity index is 1.78. The fourth-order valence-electron chi connectivity index (χ4n) is 3.67. The molecule has 4 aromatic rings. The SMILES string of the molecule is CN(C)CC(=O)N(C)c1ccc(N=C(c2ccc(Cl)cc2)c2c(O)[nH]c3cc(Cl)ccc23)cc1. The summed E-state index contributed by atoms with van der Waals surface area (Å²) >= 11 is 12.2. The van der Waals surface area contributed by atoms with Crippen LogP contribution >= 0.6 is 23.2 Å². The Morgan fingerprint density at radius 2 is 1.59 bits per heavy atom. The maximum atomic E-state index is 12.4. The van der Waals surface area contributed by atoms with Crippen LogP contribution in [-0.2, 0) is 4.79 Å². The van der Waals surface area contributed by atoms with E-state index in [1.165, 1.54) is 0 Å².